The summed E-state index contributed by atoms with van der Waals surface area (Å²) in [4.78, 5) is 13.8. The zero-order valence-corrected chi connectivity index (χ0v) is 24.4. The number of anilines is 2. The number of rotatable bonds is 7. The van der Waals surface area contributed by atoms with Gasteiger partial charge in [-0.15, -0.1) is 25.6 Å². The summed E-state index contributed by atoms with van der Waals surface area (Å²) in [5.74, 6) is -1.06. The van der Waals surface area contributed by atoms with E-state index in [9.17, 15) is 26.0 Å². The van der Waals surface area contributed by atoms with Gasteiger partial charge in [-0.1, -0.05) is 0 Å². The molecule has 1 aromatic carbocycles. The maximum absolute atomic E-state index is 14.9. The van der Waals surface area contributed by atoms with E-state index in [0.29, 0.717) is 50.7 Å². The van der Waals surface area contributed by atoms with E-state index in [0.717, 1.165) is 22.6 Å². The Morgan fingerprint density at radius 2 is 1.76 bits per heavy atom. The second kappa shape index (κ2) is 12.7. The van der Waals surface area contributed by atoms with E-state index in [-0.39, 0.29) is 48.9 Å². The lowest BCUT2D eigenvalue weighted by atomic mass is 10.1. The van der Waals surface area contributed by atoms with E-state index in [1.54, 1.807) is 6.92 Å². The zero-order chi connectivity index (χ0) is 29.4. The molecule has 2 saturated heterocycles. The first-order chi connectivity index (χ1) is 19.4. The van der Waals surface area contributed by atoms with Gasteiger partial charge in [-0.25, -0.2) is 27.8 Å². The van der Waals surface area contributed by atoms with Crippen LogP contribution in [0, 0.1) is 12.7 Å². The van der Waals surface area contributed by atoms with E-state index in [1.165, 1.54) is 12.3 Å². The lowest BCUT2D eigenvalue weighted by Gasteiger charge is -2.32. The molecule has 2 aromatic heterocycles. The number of nitrogens with zero attached hydrogens (tertiary/aromatic N) is 6. The fourth-order valence-electron chi connectivity index (χ4n) is 4.94. The number of sulfonamides is 1. The summed E-state index contributed by atoms with van der Waals surface area (Å²) < 4.78 is 93.9. The Bertz CT molecular complexity index is 1510. The third-order valence-electron chi connectivity index (χ3n) is 7.03. The Kier molecular flexibility index (Phi) is 9.62. The molecule has 0 spiro atoms. The summed E-state index contributed by atoms with van der Waals surface area (Å²) in [6.07, 6.45) is -1.26. The number of aryl methyl sites for hydroxylation is 1. The molecule has 0 unspecified atom stereocenters. The monoisotopic (exact) mass is 635 g/mol. The minimum absolute atomic E-state index is 0. The van der Waals surface area contributed by atoms with Crippen LogP contribution in [-0.2, 0) is 14.8 Å². The Hall–Kier alpha value is -3.05. The molecule has 0 radical (unpaired) electrons. The highest BCUT2D eigenvalue weighted by molar-refractivity contribution is 7.89. The number of hydrogen-bond acceptors (Lipinski definition) is 9. The average Bonchev–Trinajstić information content (AvgIpc) is 3.30. The number of aromatic nitrogens is 4. The predicted molar refractivity (Wildman–Crippen MR) is 147 cm³/mol. The third kappa shape index (κ3) is 6.94. The number of alkyl halides is 3. The maximum Gasteiger partial charge on any atom is 0.573 e. The van der Waals surface area contributed by atoms with E-state index < -0.39 is 32.8 Å². The van der Waals surface area contributed by atoms with Crippen molar-refractivity contribution in [3.05, 3.63) is 42.2 Å². The van der Waals surface area contributed by atoms with Gasteiger partial charge in [0.1, 0.15) is 16.4 Å². The van der Waals surface area contributed by atoms with Gasteiger partial charge in [0.2, 0.25) is 16.0 Å². The number of piperazine rings is 1. The zero-order valence-electron chi connectivity index (χ0n) is 22.8. The molecule has 0 atom stereocenters. The molecule has 0 saturated carbocycles. The second-order valence-corrected chi connectivity index (χ2v) is 11.7. The van der Waals surface area contributed by atoms with Crippen LogP contribution in [0.3, 0.4) is 0 Å². The molecule has 11 nitrogen and oxygen atoms in total. The molecule has 4 heterocycles. The molecule has 0 amide bonds. The van der Waals surface area contributed by atoms with Crippen molar-refractivity contribution >= 4 is 34.1 Å². The molecule has 3 aromatic rings. The normalized spacial score (nSPS) is 17.6. The summed E-state index contributed by atoms with van der Waals surface area (Å²) >= 11 is 0. The van der Waals surface area contributed by atoms with Gasteiger partial charge >= 0.3 is 6.36 Å². The van der Waals surface area contributed by atoms with Crippen molar-refractivity contribution in [1.29, 1.82) is 0 Å². The lowest BCUT2D eigenvalue weighted by Crippen LogP contribution is -2.47. The number of imidazole rings is 1. The molecule has 1 N–H and O–H groups in total. The Labute approximate surface area is 246 Å². The van der Waals surface area contributed by atoms with Gasteiger partial charge in [0, 0.05) is 57.2 Å². The highest BCUT2D eigenvalue weighted by atomic mass is 35.5. The van der Waals surface area contributed by atoms with Crippen LogP contribution < -0.4 is 10.1 Å². The van der Waals surface area contributed by atoms with E-state index >= 15 is 0 Å². The Morgan fingerprint density at radius 3 is 2.43 bits per heavy atom. The van der Waals surface area contributed by atoms with Gasteiger partial charge in [0.15, 0.2) is 11.6 Å². The summed E-state index contributed by atoms with van der Waals surface area (Å²) in [7, 11) is -2.46. The Balaban J connectivity index is 0.00000405. The van der Waals surface area contributed by atoms with Crippen LogP contribution in [0.25, 0.3) is 11.4 Å². The average molecular weight is 636 g/mol. The van der Waals surface area contributed by atoms with Crippen LogP contribution in [0.2, 0.25) is 0 Å². The lowest BCUT2D eigenvalue weighted by molar-refractivity contribution is -0.275. The Morgan fingerprint density at radius 1 is 1.07 bits per heavy atom. The summed E-state index contributed by atoms with van der Waals surface area (Å²) in [5.41, 5.74) is 0.385. The van der Waals surface area contributed by atoms with Crippen molar-refractivity contribution < 1.29 is 35.5 Å². The molecule has 2 aliphatic heterocycles. The first kappa shape index (κ1) is 31.9. The third-order valence-corrected chi connectivity index (χ3v) is 8.97. The summed E-state index contributed by atoms with van der Waals surface area (Å²) in [6, 6.07) is 3.24. The van der Waals surface area contributed by atoms with Crippen LogP contribution in [0.1, 0.15) is 24.7 Å². The number of ether oxygens (including phenoxy) is 2. The van der Waals surface area contributed by atoms with Gasteiger partial charge in [-0.3, -0.25) is 0 Å². The first-order valence-corrected chi connectivity index (χ1v) is 14.4. The summed E-state index contributed by atoms with van der Waals surface area (Å²) in [6.45, 7) is 4.04. The molecule has 2 fully saturated rings. The quantitative estimate of drug-likeness (QED) is 0.383. The molecule has 5 rings (SSSR count). The van der Waals surface area contributed by atoms with Crippen molar-refractivity contribution in [1.82, 2.24) is 28.7 Å². The highest BCUT2D eigenvalue weighted by Gasteiger charge is 2.36. The fourth-order valence-corrected chi connectivity index (χ4v) is 6.46. The van der Waals surface area contributed by atoms with Gasteiger partial charge in [-0.05, 0) is 38.9 Å². The number of halogens is 5. The molecule has 0 bridgehead atoms. The minimum Gasteiger partial charge on any atom is -0.404 e. The van der Waals surface area contributed by atoms with Crippen LogP contribution in [0.15, 0.2) is 35.5 Å². The highest BCUT2D eigenvalue weighted by Crippen LogP contribution is 2.35. The molecule has 0 aliphatic carbocycles. The number of benzene rings is 1. The SMILES string of the molecule is Cc1ncc(-c2nc(Nc3ccc(S(=O)(=O)N4CCN(C)CC4)c(OC(F)(F)F)c3)ncc2F)n1C1CCOCC1.Cl. The van der Waals surface area contributed by atoms with Crippen LogP contribution in [0.5, 0.6) is 5.75 Å². The van der Waals surface area contributed by atoms with Crippen LogP contribution in [0.4, 0.5) is 29.2 Å². The van der Waals surface area contributed by atoms with E-state index in [4.69, 9.17) is 4.74 Å². The predicted octanol–water partition coefficient (Wildman–Crippen LogP) is 4.14. The topological polar surface area (TPSA) is 115 Å². The van der Waals surface area contributed by atoms with Crippen molar-refractivity contribution in [2.75, 3.05) is 51.8 Å². The number of nitrogens with one attached hydrogen (secondary N) is 1. The summed E-state index contributed by atoms with van der Waals surface area (Å²) in [5, 5.41) is 2.74. The van der Waals surface area contributed by atoms with Gasteiger partial charge in [0.05, 0.1) is 18.1 Å². The second-order valence-electron chi connectivity index (χ2n) is 9.84. The molecule has 230 valence electrons. The first-order valence-electron chi connectivity index (χ1n) is 12.9. The van der Waals surface area contributed by atoms with E-state index in [2.05, 4.69) is 25.0 Å². The van der Waals surface area contributed by atoms with Crippen molar-refractivity contribution in [3.8, 4) is 17.1 Å². The van der Waals surface area contributed by atoms with Crippen LogP contribution in [-0.4, -0.2) is 89.9 Å². The van der Waals surface area contributed by atoms with Gasteiger partial charge in [-0.2, -0.15) is 4.31 Å². The van der Waals surface area contributed by atoms with Gasteiger partial charge in [0.25, 0.3) is 0 Å². The maximum atomic E-state index is 14.9. The number of hydrogen-bond donors (Lipinski definition) is 1. The van der Waals surface area contributed by atoms with Gasteiger partial charge < -0.3 is 24.3 Å². The standard InChI is InChI=1S/C25H29F4N7O4S.ClH/c1-16-30-15-20(36(16)18-5-11-39-12-6-18)23-19(26)14-31-24(33-23)32-17-3-4-22(21(13-17)40-25(27,28)29)41(37,38)35-9-7-34(2)8-10-35;/h3-4,13-15,18H,5-12H2,1-2H3,(H,31,32,33);1H. The van der Waals surface area contributed by atoms with Crippen molar-refractivity contribution in [2.24, 2.45) is 0 Å². The smallest absolute Gasteiger partial charge is 0.404 e. The molecule has 2 aliphatic rings. The van der Waals surface area contributed by atoms with E-state index in [1.807, 2.05) is 16.5 Å². The fraction of sp³-hybridized carbons (Fsp3) is 0.480. The molecule has 42 heavy (non-hydrogen) atoms. The van der Waals surface area contributed by atoms with Crippen LogP contribution >= 0.6 is 12.4 Å². The molecular formula is C25H30ClF4N7O4S. The molecular weight excluding hydrogens is 606 g/mol. The minimum atomic E-state index is -5.15. The van der Waals surface area contributed by atoms with Crippen molar-refractivity contribution in [3.63, 3.8) is 0 Å². The number of likely N-dealkylation sites (N-methyl/N-ethyl adjacent to an activating group) is 1. The van der Waals surface area contributed by atoms with Crippen molar-refractivity contribution in [2.45, 2.75) is 37.1 Å². The largest absolute Gasteiger partial charge is 0.573 e. The molecule has 17 heteroatoms.